The van der Waals surface area contributed by atoms with Crippen LogP contribution >= 0.6 is 0 Å². The van der Waals surface area contributed by atoms with Crippen molar-refractivity contribution in [1.29, 1.82) is 0 Å². The fraction of sp³-hybridized carbons (Fsp3) is 0.652. The number of hydrogen-bond acceptors (Lipinski definition) is 5. The maximum absolute atomic E-state index is 14.3. The fourth-order valence-electron chi connectivity index (χ4n) is 3.31. The van der Waals surface area contributed by atoms with E-state index in [0.717, 1.165) is 6.42 Å². The monoisotopic (exact) mass is 425 g/mol. The van der Waals surface area contributed by atoms with E-state index in [1.807, 2.05) is 34.6 Å². The molecule has 0 heterocycles. The second kappa shape index (κ2) is 8.90. The number of aliphatic carboxylic acids is 1. The van der Waals surface area contributed by atoms with Gasteiger partial charge in [-0.2, -0.15) is 8.78 Å². The first-order valence-corrected chi connectivity index (χ1v) is 10.3. The van der Waals surface area contributed by atoms with E-state index < -0.39 is 35.5 Å². The highest BCUT2D eigenvalue weighted by atomic mass is 19.3. The molecule has 1 unspecified atom stereocenters. The number of esters is 1. The van der Waals surface area contributed by atoms with Crippen molar-refractivity contribution in [3.8, 4) is 5.75 Å². The van der Waals surface area contributed by atoms with Crippen LogP contribution in [0.25, 0.3) is 0 Å². The average molecular weight is 425 g/mol. The first-order valence-electron chi connectivity index (χ1n) is 10.3. The third kappa shape index (κ3) is 5.49. The molecule has 0 amide bonds. The van der Waals surface area contributed by atoms with Gasteiger partial charge in [-0.15, -0.1) is 0 Å². The molecule has 0 saturated heterocycles. The molecule has 168 valence electrons. The molecular formula is C23H31F2O5-. The van der Waals surface area contributed by atoms with Gasteiger partial charge in [-0.25, -0.2) is 4.79 Å². The average Bonchev–Trinajstić information content (AvgIpc) is 2.65. The molecule has 1 atom stereocenters. The topological polar surface area (TPSA) is 75.7 Å². The summed E-state index contributed by atoms with van der Waals surface area (Å²) in [5.74, 6) is -7.97. The molecule has 1 aliphatic rings. The zero-order valence-corrected chi connectivity index (χ0v) is 18.3. The fourth-order valence-corrected chi connectivity index (χ4v) is 3.31. The molecule has 1 fully saturated rings. The minimum absolute atomic E-state index is 0.0471. The summed E-state index contributed by atoms with van der Waals surface area (Å²) in [7, 11) is 0. The van der Waals surface area contributed by atoms with Gasteiger partial charge < -0.3 is 19.4 Å². The molecule has 0 spiro atoms. The minimum Gasteiger partial charge on any atom is -0.544 e. The van der Waals surface area contributed by atoms with Crippen molar-refractivity contribution in [2.75, 3.05) is 0 Å². The zero-order valence-electron chi connectivity index (χ0n) is 18.3. The summed E-state index contributed by atoms with van der Waals surface area (Å²) in [5, 5.41) is 11.0. The molecule has 1 saturated carbocycles. The zero-order chi connectivity index (χ0) is 22.7. The van der Waals surface area contributed by atoms with Gasteiger partial charge in [-0.05, 0) is 51.0 Å². The van der Waals surface area contributed by atoms with Gasteiger partial charge >= 0.3 is 11.9 Å². The molecule has 30 heavy (non-hydrogen) atoms. The Hall–Kier alpha value is -2.18. The molecule has 0 aromatic heterocycles. The van der Waals surface area contributed by atoms with Crippen LogP contribution in [0, 0.1) is 11.3 Å². The molecule has 7 heteroatoms. The number of halogens is 2. The Morgan fingerprint density at radius 1 is 1.00 bits per heavy atom. The number of rotatable bonds is 7. The number of carbonyl (C=O) groups excluding carboxylic acids is 2. The normalized spacial score (nSPS) is 17.3. The second-order valence-electron chi connectivity index (χ2n) is 9.52. The first kappa shape index (κ1) is 24.1. The smallest absolute Gasteiger partial charge is 0.338 e. The highest BCUT2D eigenvalue weighted by Gasteiger charge is 2.48. The maximum atomic E-state index is 14.3. The molecule has 0 aliphatic heterocycles. The lowest BCUT2D eigenvalue weighted by molar-refractivity contribution is -0.337. The van der Waals surface area contributed by atoms with E-state index in [0.29, 0.717) is 31.4 Å². The van der Waals surface area contributed by atoms with Crippen LogP contribution in [0.15, 0.2) is 24.3 Å². The summed E-state index contributed by atoms with van der Waals surface area (Å²) in [4.78, 5) is 23.5. The number of ether oxygens (including phenoxy) is 2. The number of carbonyl (C=O) groups is 2. The predicted octanol–water partition coefficient (Wildman–Crippen LogP) is 4.38. The van der Waals surface area contributed by atoms with E-state index in [2.05, 4.69) is 0 Å². The van der Waals surface area contributed by atoms with E-state index in [1.165, 1.54) is 12.1 Å². The van der Waals surface area contributed by atoms with E-state index in [4.69, 9.17) is 9.47 Å². The summed E-state index contributed by atoms with van der Waals surface area (Å²) in [6.07, 6.45) is 0.992. The van der Waals surface area contributed by atoms with E-state index in [1.54, 1.807) is 12.1 Å². The Morgan fingerprint density at radius 2 is 1.53 bits per heavy atom. The molecule has 1 aromatic rings. The third-order valence-corrected chi connectivity index (χ3v) is 6.21. The molecule has 0 N–H and O–H groups in total. The van der Waals surface area contributed by atoms with Crippen LogP contribution in [0.1, 0.15) is 77.1 Å². The van der Waals surface area contributed by atoms with Crippen molar-refractivity contribution in [3.63, 3.8) is 0 Å². The minimum atomic E-state index is -4.25. The van der Waals surface area contributed by atoms with Gasteiger partial charge in [0, 0.05) is 11.3 Å². The van der Waals surface area contributed by atoms with Crippen LogP contribution in [0.4, 0.5) is 8.78 Å². The van der Waals surface area contributed by atoms with Gasteiger partial charge in [-0.3, -0.25) is 0 Å². The third-order valence-electron chi connectivity index (χ3n) is 6.21. The lowest BCUT2D eigenvalue weighted by Gasteiger charge is -2.39. The van der Waals surface area contributed by atoms with Gasteiger partial charge in [0.1, 0.15) is 17.3 Å². The Kier molecular flexibility index (Phi) is 7.15. The molecular weight excluding hydrogens is 394 g/mol. The Balaban J connectivity index is 2.16. The summed E-state index contributed by atoms with van der Waals surface area (Å²) >= 11 is 0. The van der Waals surface area contributed by atoms with Crippen molar-refractivity contribution in [1.82, 2.24) is 0 Å². The predicted molar refractivity (Wildman–Crippen MR) is 106 cm³/mol. The van der Waals surface area contributed by atoms with Crippen LogP contribution < -0.4 is 9.84 Å². The van der Waals surface area contributed by atoms with Gasteiger partial charge in [0.15, 0.2) is 6.10 Å². The summed E-state index contributed by atoms with van der Waals surface area (Å²) in [5.41, 5.74) is -0.586. The first-order chi connectivity index (χ1) is 13.8. The standard InChI is InChI=1S/C23H32F2O5/c1-21(2,3)22(4,5)30-17-13-11-16(12-14-17)19(26)29-18(23(24,25)20(27)28)15-9-7-6-8-10-15/h11-15,18H,6-10H2,1-5H3,(H,27,28)/p-1. The van der Waals surface area contributed by atoms with Crippen LogP contribution in [-0.2, 0) is 9.53 Å². The lowest BCUT2D eigenvalue weighted by atomic mass is 9.79. The molecule has 2 rings (SSSR count). The van der Waals surface area contributed by atoms with Crippen LogP contribution in [0.5, 0.6) is 5.75 Å². The van der Waals surface area contributed by atoms with E-state index in [9.17, 15) is 23.5 Å². The van der Waals surface area contributed by atoms with Gasteiger partial charge in [-0.1, -0.05) is 40.0 Å². The quantitative estimate of drug-likeness (QED) is 0.606. The highest BCUT2D eigenvalue weighted by molar-refractivity contribution is 5.90. The molecule has 0 radical (unpaired) electrons. The largest absolute Gasteiger partial charge is 0.544 e. The molecule has 1 aliphatic carbocycles. The number of carboxylic acid groups (broad SMARTS) is 1. The van der Waals surface area contributed by atoms with E-state index in [-0.39, 0.29) is 11.0 Å². The van der Waals surface area contributed by atoms with E-state index >= 15 is 0 Å². The molecule has 0 bridgehead atoms. The van der Waals surface area contributed by atoms with Crippen LogP contribution in [-0.4, -0.2) is 29.6 Å². The van der Waals surface area contributed by atoms with Crippen molar-refractivity contribution >= 4 is 11.9 Å². The van der Waals surface area contributed by atoms with Gasteiger partial charge in [0.05, 0.1) is 5.56 Å². The van der Waals surface area contributed by atoms with Crippen molar-refractivity contribution in [2.45, 2.75) is 84.4 Å². The van der Waals surface area contributed by atoms with Crippen molar-refractivity contribution < 1.29 is 33.0 Å². The molecule has 1 aromatic carbocycles. The number of benzene rings is 1. The Morgan fingerprint density at radius 3 is 2.00 bits per heavy atom. The summed E-state index contributed by atoms with van der Waals surface area (Å²) < 4.78 is 39.6. The molecule has 5 nitrogen and oxygen atoms in total. The van der Waals surface area contributed by atoms with Crippen LogP contribution in [0.3, 0.4) is 0 Å². The Bertz CT molecular complexity index is 744. The summed E-state index contributed by atoms with van der Waals surface area (Å²) in [6.45, 7) is 10.0. The van der Waals surface area contributed by atoms with Crippen LogP contribution in [0.2, 0.25) is 0 Å². The highest BCUT2D eigenvalue weighted by Crippen LogP contribution is 2.37. The number of carboxylic acids is 1. The summed E-state index contributed by atoms with van der Waals surface area (Å²) in [6, 6.07) is 5.98. The maximum Gasteiger partial charge on any atom is 0.338 e. The van der Waals surface area contributed by atoms with Crippen molar-refractivity contribution in [3.05, 3.63) is 29.8 Å². The second-order valence-corrected chi connectivity index (χ2v) is 9.52. The Labute approximate surface area is 176 Å². The lowest BCUT2D eigenvalue weighted by Crippen LogP contribution is -2.54. The number of hydrogen-bond donors (Lipinski definition) is 0. The number of alkyl halides is 2. The van der Waals surface area contributed by atoms with Gasteiger partial charge in [0.2, 0.25) is 0 Å². The van der Waals surface area contributed by atoms with Gasteiger partial charge in [0.25, 0.3) is 0 Å². The van der Waals surface area contributed by atoms with Crippen molar-refractivity contribution in [2.24, 2.45) is 11.3 Å². The SMILES string of the molecule is CC(C)(C)C(C)(C)Oc1ccc(C(=O)OC(C2CCCCC2)C(F)(F)C(=O)[O-])cc1.